The summed E-state index contributed by atoms with van der Waals surface area (Å²) in [4.78, 5) is 13.1. The van der Waals surface area contributed by atoms with Crippen LogP contribution in [0.3, 0.4) is 0 Å². The Bertz CT molecular complexity index is 1240. The molecule has 1 heterocycles. The van der Waals surface area contributed by atoms with Gasteiger partial charge in [-0.15, -0.1) is 0 Å². The molecule has 1 aromatic heterocycles. The van der Waals surface area contributed by atoms with Crippen LogP contribution in [0.1, 0.15) is 11.3 Å². The van der Waals surface area contributed by atoms with Gasteiger partial charge in [0.05, 0.1) is 18.1 Å². The maximum atomic E-state index is 13.8. The van der Waals surface area contributed by atoms with E-state index in [1.165, 1.54) is 6.07 Å². The first-order valence-corrected chi connectivity index (χ1v) is 9.15. The van der Waals surface area contributed by atoms with Crippen LogP contribution in [0.2, 0.25) is 0 Å². The Balaban J connectivity index is 1.72. The van der Waals surface area contributed by atoms with Crippen LogP contribution in [-0.4, -0.2) is 7.11 Å². The van der Waals surface area contributed by atoms with E-state index in [9.17, 15) is 9.18 Å². The molecule has 0 aliphatic rings. The second kappa shape index (κ2) is 7.80. The standard InChI is InChI=1S/C24H19FO4/c1-15-23(18-8-4-6-10-21(18)27-2)24(26)19-12-11-17(13-22(19)29-15)28-14-16-7-3-5-9-20(16)25/h3-13H,14H2,1-2H3. The van der Waals surface area contributed by atoms with Crippen molar-refractivity contribution in [2.24, 2.45) is 0 Å². The molecule has 4 rings (SSSR count). The summed E-state index contributed by atoms with van der Waals surface area (Å²) < 4.78 is 30.8. The molecule has 146 valence electrons. The highest BCUT2D eigenvalue weighted by molar-refractivity contribution is 5.85. The van der Waals surface area contributed by atoms with E-state index in [0.717, 1.165) is 0 Å². The van der Waals surface area contributed by atoms with Gasteiger partial charge in [-0.3, -0.25) is 4.79 Å². The molecule has 0 saturated carbocycles. The average molecular weight is 390 g/mol. The molecule has 0 aliphatic carbocycles. The van der Waals surface area contributed by atoms with Crippen molar-refractivity contribution in [3.63, 3.8) is 0 Å². The minimum Gasteiger partial charge on any atom is -0.496 e. The van der Waals surface area contributed by atoms with E-state index in [0.29, 0.717) is 44.9 Å². The first-order chi connectivity index (χ1) is 14.1. The number of fused-ring (bicyclic) bond motifs is 1. The van der Waals surface area contributed by atoms with Crippen LogP contribution in [0, 0.1) is 12.7 Å². The fourth-order valence-corrected chi connectivity index (χ4v) is 3.31. The van der Waals surface area contributed by atoms with E-state index in [1.807, 2.05) is 18.2 Å². The molecular formula is C24H19FO4. The molecule has 0 radical (unpaired) electrons. The Morgan fingerprint density at radius 1 is 1.00 bits per heavy atom. The Labute approximate surface area is 167 Å². The van der Waals surface area contributed by atoms with Gasteiger partial charge in [0.2, 0.25) is 5.43 Å². The van der Waals surface area contributed by atoms with Crippen LogP contribution in [0.15, 0.2) is 75.9 Å². The number of rotatable bonds is 5. The summed E-state index contributed by atoms with van der Waals surface area (Å²) in [5.41, 5.74) is 1.88. The van der Waals surface area contributed by atoms with E-state index >= 15 is 0 Å². The SMILES string of the molecule is COc1ccccc1-c1c(C)oc2cc(OCc3ccccc3F)ccc2c1=O. The second-order valence-electron chi connectivity index (χ2n) is 6.60. The summed E-state index contributed by atoms with van der Waals surface area (Å²) in [6.45, 7) is 1.83. The topological polar surface area (TPSA) is 48.7 Å². The summed E-state index contributed by atoms with van der Waals surface area (Å²) >= 11 is 0. The lowest BCUT2D eigenvalue weighted by molar-refractivity contribution is 0.300. The zero-order valence-corrected chi connectivity index (χ0v) is 16.1. The maximum Gasteiger partial charge on any atom is 0.200 e. The molecule has 0 fully saturated rings. The van der Waals surface area contributed by atoms with Crippen molar-refractivity contribution >= 4 is 11.0 Å². The van der Waals surface area contributed by atoms with Crippen molar-refractivity contribution in [1.29, 1.82) is 0 Å². The number of hydrogen-bond donors (Lipinski definition) is 0. The zero-order valence-electron chi connectivity index (χ0n) is 16.1. The van der Waals surface area contributed by atoms with Crippen LogP contribution in [-0.2, 0) is 6.61 Å². The van der Waals surface area contributed by atoms with Gasteiger partial charge < -0.3 is 13.9 Å². The highest BCUT2D eigenvalue weighted by Crippen LogP contribution is 2.32. The quantitative estimate of drug-likeness (QED) is 0.452. The summed E-state index contributed by atoms with van der Waals surface area (Å²) in [7, 11) is 1.57. The Hall–Kier alpha value is -3.60. The summed E-state index contributed by atoms with van der Waals surface area (Å²) in [5.74, 6) is 1.26. The monoisotopic (exact) mass is 390 g/mol. The predicted molar refractivity (Wildman–Crippen MR) is 110 cm³/mol. The molecule has 0 saturated heterocycles. The Morgan fingerprint density at radius 3 is 2.55 bits per heavy atom. The highest BCUT2D eigenvalue weighted by Gasteiger charge is 2.17. The lowest BCUT2D eigenvalue weighted by atomic mass is 10.0. The zero-order chi connectivity index (χ0) is 20.4. The van der Waals surface area contributed by atoms with E-state index in [-0.39, 0.29) is 17.9 Å². The number of halogens is 1. The number of methoxy groups -OCH3 is 1. The van der Waals surface area contributed by atoms with Crippen LogP contribution in [0.5, 0.6) is 11.5 Å². The molecule has 0 bridgehead atoms. The summed E-state index contributed by atoms with van der Waals surface area (Å²) in [5, 5.41) is 0.440. The smallest absolute Gasteiger partial charge is 0.200 e. The lowest BCUT2D eigenvalue weighted by Gasteiger charge is -2.12. The first-order valence-electron chi connectivity index (χ1n) is 9.15. The van der Waals surface area contributed by atoms with Crippen molar-refractivity contribution in [2.45, 2.75) is 13.5 Å². The number of para-hydroxylation sites is 1. The Morgan fingerprint density at radius 2 is 1.76 bits per heavy atom. The van der Waals surface area contributed by atoms with Crippen LogP contribution >= 0.6 is 0 Å². The Kier molecular flexibility index (Phi) is 5.04. The van der Waals surface area contributed by atoms with Crippen LogP contribution in [0.25, 0.3) is 22.1 Å². The van der Waals surface area contributed by atoms with Gasteiger partial charge in [0.1, 0.15) is 35.3 Å². The molecule has 0 unspecified atom stereocenters. The van der Waals surface area contributed by atoms with Crippen molar-refractivity contribution in [3.8, 4) is 22.6 Å². The summed E-state index contributed by atoms with van der Waals surface area (Å²) in [6, 6.07) is 18.8. The van der Waals surface area contributed by atoms with Crippen molar-refractivity contribution < 1.29 is 18.3 Å². The van der Waals surface area contributed by atoms with E-state index in [4.69, 9.17) is 13.9 Å². The van der Waals surface area contributed by atoms with Gasteiger partial charge in [-0.25, -0.2) is 4.39 Å². The molecule has 0 aliphatic heterocycles. The molecule has 3 aromatic carbocycles. The van der Waals surface area contributed by atoms with Gasteiger partial charge in [-0.1, -0.05) is 36.4 Å². The number of benzene rings is 3. The molecule has 29 heavy (non-hydrogen) atoms. The predicted octanol–water partition coefficient (Wildman–Crippen LogP) is 5.50. The van der Waals surface area contributed by atoms with Gasteiger partial charge >= 0.3 is 0 Å². The number of aryl methyl sites for hydroxylation is 1. The molecule has 0 amide bonds. The highest BCUT2D eigenvalue weighted by atomic mass is 19.1. The van der Waals surface area contributed by atoms with Crippen molar-refractivity contribution in [2.75, 3.05) is 7.11 Å². The van der Waals surface area contributed by atoms with E-state index < -0.39 is 0 Å². The number of hydrogen-bond acceptors (Lipinski definition) is 4. The van der Waals surface area contributed by atoms with Crippen molar-refractivity contribution in [1.82, 2.24) is 0 Å². The molecule has 4 aromatic rings. The second-order valence-corrected chi connectivity index (χ2v) is 6.60. The fraction of sp³-hybridized carbons (Fsp3) is 0.125. The van der Waals surface area contributed by atoms with Gasteiger partial charge in [-0.05, 0) is 31.2 Å². The number of ether oxygens (including phenoxy) is 2. The van der Waals surface area contributed by atoms with Gasteiger partial charge in [0.15, 0.2) is 0 Å². The molecular weight excluding hydrogens is 371 g/mol. The minimum absolute atomic E-state index is 0.0840. The first kappa shape index (κ1) is 18.7. The minimum atomic E-state index is -0.322. The lowest BCUT2D eigenvalue weighted by Crippen LogP contribution is -2.08. The normalized spacial score (nSPS) is 10.9. The molecule has 5 heteroatoms. The van der Waals surface area contributed by atoms with Gasteiger partial charge in [0.25, 0.3) is 0 Å². The molecule has 4 nitrogen and oxygen atoms in total. The summed E-state index contributed by atoms with van der Waals surface area (Å²) in [6.07, 6.45) is 0. The fourth-order valence-electron chi connectivity index (χ4n) is 3.31. The van der Waals surface area contributed by atoms with E-state index in [2.05, 4.69) is 0 Å². The van der Waals surface area contributed by atoms with Crippen LogP contribution < -0.4 is 14.9 Å². The molecule has 0 spiro atoms. The average Bonchev–Trinajstić information content (AvgIpc) is 2.73. The largest absolute Gasteiger partial charge is 0.496 e. The maximum absolute atomic E-state index is 13.8. The van der Waals surface area contributed by atoms with Gasteiger partial charge in [0, 0.05) is 17.2 Å². The van der Waals surface area contributed by atoms with Crippen LogP contribution in [0.4, 0.5) is 4.39 Å². The van der Waals surface area contributed by atoms with E-state index in [1.54, 1.807) is 56.5 Å². The third-order valence-corrected chi connectivity index (χ3v) is 4.77. The van der Waals surface area contributed by atoms with Gasteiger partial charge in [-0.2, -0.15) is 0 Å². The molecule has 0 N–H and O–H groups in total. The molecule has 0 atom stereocenters. The third-order valence-electron chi connectivity index (χ3n) is 4.77. The van der Waals surface area contributed by atoms with Crippen molar-refractivity contribution in [3.05, 3.63) is 94.1 Å². The third kappa shape index (κ3) is 3.59.